The molecule has 0 unspecified atom stereocenters. The van der Waals surface area contributed by atoms with Gasteiger partial charge in [0.25, 0.3) is 0 Å². The van der Waals surface area contributed by atoms with Crippen molar-refractivity contribution in [2.24, 2.45) is 0 Å². The quantitative estimate of drug-likeness (QED) is 0.883. The highest BCUT2D eigenvalue weighted by Gasteiger charge is 2.19. The van der Waals surface area contributed by atoms with Crippen molar-refractivity contribution < 1.29 is 8.42 Å². The number of anilines is 1. The lowest BCUT2D eigenvalue weighted by atomic mass is 10.2. The van der Waals surface area contributed by atoms with E-state index in [1.165, 1.54) is 0 Å². The van der Waals surface area contributed by atoms with Gasteiger partial charge in [0.05, 0.1) is 10.6 Å². The summed E-state index contributed by atoms with van der Waals surface area (Å²) in [4.78, 5) is 0.354. The van der Waals surface area contributed by atoms with E-state index in [2.05, 4.69) is 0 Å². The maximum absolute atomic E-state index is 12.5. The molecule has 20 heavy (non-hydrogen) atoms. The second-order valence-corrected chi connectivity index (χ2v) is 7.27. The minimum Gasteiger partial charge on any atom is -0.398 e. The van der Waals surface area contributed by atoms with E-state index in [0.29, 0.717) is 21.2 Å². The van der Waals surface area contributed by atoms with Crippen molar-refractivity contribution in [3.05, 3.63) is 58.1 Å². The fourth-order valence-corrected chi connectivity index (χ4v) is 3.95. The van der Waals surface area contributed by atoms with Crippen LogP contribution in [0, 0.1) is 13.8 Å². The number of halogens is 1. The first-order chi connectivity index (χ1) is 9.29. The Hall–Kier alpha value is -1.52. The van der Waals surface area contributed by atoms with Gasteiger partial charge in [-0.2, -0.15) is 0 Å². The number of sulfone groups is 1. The number of nitrogens with two attached hydrogens (primary N) is 1. The van der Waals surface area contributed by atoms with Crippen LogP contribution in [-0.2, 0) is 15.6 Å². The van der Waals surface area contributed by atoms with E-state index >= 15 is 0 Å². The van der Waals surface area contributed by atoms with E-state index in [4.69, 9.17) is 17.3 Å². The molecular weight excluding hydrogens is 294 g/mol. The number of nitrogen functional groups attached to an aromatic ring is 1. The zero-order valence-electron chi connectivity index (χ0n) is 11.4. The van der Waals surface area contributed by atoms with Crippen LogP contribution in [0.15, 0.2) is 41.3 Å². The van der Waals surface area contributed by atoms with Gasteiger partial charge in [0, 0.05) is 10.7 Å². The monoisotopic (exact) mass is 309 g/mol. The Morgan fingerprint density at radius 2 is 1.80 bits per heavy atom. The van der Waals surface area contributed by atoms with Crippen LogP contribution in [0.25, 0.3) is 0 Å². The van der Waals surface area contributed by atoms with Crippen molar-refractivity contribution >= 4 is 27.1 Å². The maximum Gasteiger partial charge on any atom is 0.182 e. The van der Waals surface area contributed by atoms with Gasteiger partial charge in [-0.3, -0.25) is 0 Å². The first kappa shape index (κ1) is 14.9. The summed E-state index contributed by atoms with van der Waals surface area (Å²) >= 11 is 5.82. The molecule has 0 saturated carbocycles. The fraction of sp³-hybridized carbons (Fsp3) is 0.200. The van der Waals surface area contributed by atoms with Crippen LogP contribution < -0.4 is 5.73 Å². The van der Waals surface area contributed by atoms with E-state index in [1.807, 2.05) is 19.1 Å². The molecule has 2 aromatic carbocycles. The van der Waals surface area contributed by atoms with E-state index in [9.17, 15) is 8.42 Å². The number of hydrogen-bond donors (Lipinski definition) is 1. The second-order valence-electron chi connectivity index (χ2n) is 4.87. The third-order valence-electron chi connectivity index (χ3n) is 3.13. The van der Waals surface area contributed by atoms with Crippen molar-refractivity contribution in [2.75, 3.05) is 5.73 Å². The standard InChI is InChI=1S/C15H16ClNO2S/c1-10-3-4-11(2)15(7-10)20(18,19)9-12-5-6-13(16)8-14(12)17/h3-8H,9,17H2,1-2H3. The van der Waals surface area contributed by atoms with Crippen molar-refractivity contribution in [3.8, 4) is 0 Å². The first-order valence-corrected chi connectivity index (χ1v) is 8.16. The largest absolute Gasteiger partial charge is 0.398 e. The summed E-state index contributed by atoms with van der Waals surface area (Å²) < 4.78 is 25.0. The Balaban J connectivity index is 2.43. The topological polar surface area (TPSA) is 60.2 Å². The van der Waals surface area contributed by atoms with Gasteiger partial charge in [0.2, 0.25) is 0 Å². The van der Waals surface area contributed by atoms with Gasteiger partial charge in [-0.25, -0.2) is 8.42 Å². The molecule has 0 aliphatic heterocycles. The highest BCUT2D eigenvalue weighted by atomic mass is 35.5. The molecule has 0 spiro atoms. The van der Waals surface area contributed by atoms with Gasteiger partial charge in [-0.05, 0) is 48.7 Å². The molecule has 5 heteroatoms. The zero-order valence-corrected chi connectivity index (χ0v) is 12.9. The van der Waals surface area contributed by atoms with E-state index in [1.54, 1.807) is 31.2 Å². The summed E-state index contributed by atoms with van der Waals surface area (Å²) in [7, 11) is -3.42. The SMILES string of the molecule is Cc1ccc(C)c(S(=O)(=O)Cc2ccc(Cl)cc2N)c1. The predicted octanol–water partition coefficient (Wildman–Crippen LogP) is 3.51. The molecule has 0 aromatic heterocycles. The molecule has 106 valence electrons. The smallest absolute Gasteiger partial charge is 0.182 e. The molecule has 0 amide bonds. The maximum atomic E-state index is 12.5. The average Bonchev–Trinajstić information content (AvgIpc) is 2.35. The molecule has 2 aromatic rings. The molecule has 2 rings (SSSR count). The Labute approximate surface area is 124 Å². The molecule has 0 saturated heterocycles. The Kier molecular flexibility index (Phi) is 4.06. The summed E-state index contributed by atoms with van der Waals surface area (Å²) in [6, 6.07) is 10.3. The Morgan fingerprint density at radius 3 is 2.45 bits per heavy atom. The third kappa shape index (κ3) is 3.14. The van der Waals surface area contributed by atoms with E-state index in [-0.39, 0.29) is 5.75 Å². The summed E-state index contributed by atoms with van der Waals surface area (Å²) in [6.45, 7) is 3.66. The van der Waals surface area contributed by atoms with Crippen LogP contribution in [0.2, 0.25) is 5.02 Å². The van der Waals surface area contributed by atoms with Gasteiger partial charge in [-0.1, -0.05) is 29.8 Å². The van der Waals surface area contributed by atoms with Crippen LogP contribution in [0.1, 0.15) is 16.7 Å². The molecule has 0 bridgehead atoms. The fourth-order valence-electron chi connectivity index (χ4n) is 2.02. The van der Waals surface area contributed by atoms with E-state index < -0.39 is 9.84 Å². The molecule has 3 nitrogen and oxygen atoms in total. The number of rotatable bonds is 3. The van der Waals surface area contributed by atoms with Gasteiger partial charge >= 0.3 is 0 Å². The van der Waals surface area contributed by atoms with Gasteiger partial charge in [-0.15, -0.1) is 0 Å². The summed E-state index contributed by atoms with van der Waals surface area (Å²) in [5.41, 5.74) is 8.44. The van der Waals surface area contributed by atoms with Gasteiger partial charge in [0.1, 0.15) is 0 Å². The normalized spacial score (nSPS) is 11.6. The average molecular weight is 310 g/mol. The second kappa shape index (κ2) is 5.46. The molecule has 0 heterocycles. The van der Waals surface area contributed by atoms with Crippen LogP contribution in [0.3, 0.4) is 0 Å². The zero-order chi connectivity index (χ0) is 14.9. The molecule has 0 aliphatic carbocycles. The number of hydrogen-bond acceptors (Lipinski definition) is 3. The predicted molar refractivity (Wildman–Crippen MR) is 82.7 cm³/mol. The Morgan fingerprint density at radius 1 is 1.10 bits per heavy atom. The lowest BCUT2D eigenvalue weighted by molar-refractivity contribution is 0.594. The first-order valence-electron chi connectivity index (χ1n) is 6.13. The van der Waals surface area contributed by atoms with Gasteiger partial charge < -0.3 is 5.73 Å². The van der Waals surface area contributed by atoms with E-state index in [0.717, 1.165) is 11.1 Å². The van der Waals surface area contributed by atoms with Crippen molar-refractivity contribution in [3.63, 3.8) is 0 Å². The summed E-state index contributed by atoms with van der Waals surface area (Å²) in [5, 5.41) is 0.496. The highest BCUT2D eigenvalue weighted by Crippen LogP contribution is 2.25. The molecule has 0 radical (unpaired) electrons. The van der Waals surface area contributed by atoms with Crippen molar-refractivity contribution in [1.29, 1.82) is 0 Å². The van der Waals surface area contributed by atoms with Gasteiger partial charge in [0.15, 0.2) is 9.84 Å². The van der Waals surface area contributed by atoms with Crippen LogP contribution in [-0.4, -0.2) is 8.42 Å². The summed E-state index contributed by atoms with van der Waals surface area (Å²) in [5.74, 6) is -0.125. The highest BCUT2D eigenvalue weighted by molar-refractivity contribution is 7.90. The minimum absolute atomic E-state index is 0.125. The van der Waals surface area contributed by atoms with Crippen molar-refractivity contribution in [2.45, 2.75) is 24.5 Å². The molecule has 0 fully saturated rings. The molecular formula is C15H16ClNO2S. The lowest BCUT2D eigenvalue weighted by Crippen LogP contribution is -2.09. The lowest BCUT2D eigenvalue weighted by Gasteiger charge is -2.10. The minimum atomic E-state index is -3.42. The third-order valence-corrected chi connectivity index (χ3v) is 5.17. The van der Waals surface area contributed by atoms with Crippen LogP contribution in [0.5, 0.6) is 0 Å². The number of aryl methyl sites for hydroxylation is 2. The molecule has 0 atom stereocenters. The van der Waals surface area contributed by atoms with Crippen molar-refractivity contribution in [1.82, 2.24) is 0 Å². The molecule has 0 aliphatic rings. The Bertz CT molecular complexity index is 754. The van der Waals surface area contributed by atoms with Crippen LogP contribution in [0.4, 0.5) is 5.69 Å². The number of benzene rings is 2. The van der Waals surface area contributed by atoms with Crippen LogP contribution >= 0.6 is 11.6 Å². The molecule has 2 N–H and O–H groups in total. The summed E-state index contributed by atoms with van der Waals surface area (Å²) in [6.07, 6.45) is 0.